The van der Waals surface area contributed by atoms with Gasteiger partial charge in [0, 0.05) is 30.5 Å². The third kappa shape index (κ3) is 4.09. The van der Waals surface area contributed by atoms with E-state index < -0.39 is 6.10 Å². The summed E-state index contributed by atoms with van der Waals surface area (Å²) < 4.78 is 0. The Morgan fingerprint density at radius 2 is 2.17 bits per heavy atom. The summed E-state index contributed by atoms with van der Waals surface area (Å²) in [6.07, 6.45) is 1.91. The standard InChI is InChI=1S/C18H17N3O2/c22-17-9-11-21(13-17)18(23)20-16-6-3-4-14(12-16)7-8-15-5-1-2-10-19-15/h1-6,10,12,17,22H,9,11,13H2,(H,20,23). The molecular weight excluding hydrogens is 290 g/mol. The maximum Gasteiger partial charge on any atom is 0.321 e. The molecule has 0 spiro atoms. The molecule has 2 heterocycles. The number of aliphatic hydroxyl groups is 1. The van der Waals surface area contributed by atoms with Crippen molar-refractivity contribution in [3.63, 3.8) is 0 Å². The number of amides is 2. The van der Waals surface area contributed by atoms with Gasteiger partial charge in [0.2, 0.25) is 0 Å². The van der Waals surface area contributed by atoms with Gasteiger partial charge in [0.25, 0.3) is 0 Å². The number of aromatic nitrogens is 1. The van der Waals surface area contributed by atoms with Crippen LogP contribution < -0.4 is 5.32 Å². The third-order valence-electron chi connectivity index (χ3n) is 3.56. The number of likely N-dealkylation sites (tertiary alicyclic amines) is 1. The number of hydrogen-bond donors (Lipinski definition) is 2. The van der Waals surface area contributed by atoms with Gasteiger partial charge in [-0.3, -0.25) is 0 Å². The predicted octanol–water partition coefficient (Wildman–Crippen LogP) is 2.08. The molecule has 1 aliphatic heterocycles. The number of urea groups is 1. The van der Waals surface area contributed by atoms with Crippen LogP contribution in [0.2, 0.25) is 0 Å². The van der Waals surface area contributed by atoms with E-state index in [1.54, 1.807) is 11.1 Å². The van der Waals surface area contributed by atoms with Gasteiger partial charge in [-0.1, -0.05) is 18.1 Å². The van der Waals surface area contributed by atoms with Gasteiger partial charge in [0.1, 0.15) is 5.69 Å². The first kappa shape index (κ1) is 15.1. The number of carbonyl (C=O) groups excluding carboxylic acids is 1. The zero-order valence-electron chi connectivity index (χ0n) is 12.6. The van der Waals surface area contributed by atoms with Crippen LogP contribution in [0.5, 0.6) is 0 Å². The molecule has 2 amide bonds. The quantitative estimate of drug-likeness (QED) is 0.793. The average Bonchev–Trinajstić information content (AvgIpc) is 3.01. The zero-order valence-corrected chi connectivity index (χ0v) is 12.6. The first-order valence-electron chi connectivity index (χ1n) is 7.48. The highest BCUT2D eigenvalue weighted by atomic mass is 16.3. The minimum Gasteiger partial charge on any atom is -0.391 e. The Morgan fingerprint density at radius 3 is 2.91 bits per heavy atom. The Bertz CT molecular complexity index is 750. The van der Waals surface area contributed by atoms with E-state index in [1.165, 1.54) is 0 Å². The molecule has 1 atom stereocenters. The summed E-state index contributed by atoms with van der Waals surface area (Å²) in [6, 6.07) is 12.7. The van der Waals surface area contributed by atoms with Crippen molar-refractivity contribution < 1.29 is 9.90 Å². The van der Waals surface area contributed by atoms with Crippen molar-refractivity contribution in [1.82, 2.24) is 9.88 Å². The van der Waals surface area contributed by atoms with Crippen LogP contribution in [0.1, 0.15) is 17.7 Å². The maximum atomic E-state index is 12.1. The minimum absolute atomic E-state index is 0.198. The third-order valence-corrected chi connectivity index (χ3v) is 3.56. The molecule has 0 radical (unpaired) electrons. The molecule has 1 aromatic carbocycles. The summed E-state index contributed by atoms with van der Waals surface area (Å²) in [6.45, 7) is 0.956. The number of anilines is 1. The first-order valence-corrected chi connectivity index (χ1v) is 7.48. The molecule has 0 saturated carbocycles. The van der Waals surface area contributed by atoms with Crippen molar-refractivity contribution in [3.05, 3.63) is 59.9 Å². The molecule has 2 aromatic rings. The van der Waals surface area contributed by atoms with Gasteiger partial charge in [-0.2, -0.15) is 0 Å². The van der Waals surface area contributed by atoms with E-state index in [0.29, 0.717) is 30.9 Å². The number of benzene rings is 1. The Labute approximate surface area is 135 Å². The predicted molar refractivity (Wildman–Crippen MR) is 87.9 cm³/mol. The molecule has 1 aromatic heterocycles. The second kappa shape index (κ2) is 6.95. The summed E-state index contributed by atoms with van der Waals surface area (Å²) in [5.74, 6) is 6.02. The van der Waals surface area contributed by atoms with Crippen LogP contribution >= 0.6 is 0 Å². The highest BCUT2D eigenvalue weighted by Gasteiger charge is 2.24. The molecule has 1 aliphatic rings. The molecule has 1 fully saturated rings. The van der Waals surface area contributed by atoms with Crippen molar-refractivity contribution in [2.45, 2.75) is 12.5 Å². The van der Waals surface area contributed by atoms with Crippen LogP contribution in [0.15, 0.2) is 48.7 Å². The van der Waals surface area contributed by atoms with Crippen LogP contribution in [-0.4, -0.2) is 40.2 Å². The van der Waals surface area contributed by atoms with Crippen molar-refractivity contribution in [1.29, 1.82) is 0 Å². The lowest BCUT2D eigenvalue weighted by Gasteiger charge is -2.16. The van der Waals surface area contributed by atoms with Gasteiger partial charge >= 0.3 is 6.03 Å². The van der Waals surface area contributed by atoms with E-state index >= 15 is 0 Å². The van der Waals surface area contributed by atoms with Gasteiger partial charge < -0.3 is 15.3 Å². The van der Waals surface area contributed by atoms with Crippen LogP contribution in [0.25, 0.3) is 0 Å². The summed E-state index contributed by atoms with van der Waals surface area (Å²) in [5, 5.41) is 12.3. The fourth-order valence-electron chi connectivity index (χ4n) is 2.38. The van der Waals surface area contributed by atoms with Gasteiger partial charge in [-0.05, 0) is 42.7 Å². The van der Waals surface area contributed by atoms with Crippen LogP contribution in [0, 0.1) is 11.8 Å². The number of rotatable bonds is 1. The highest BCUT2D eigenvalue weighted by molar-refractivity contribution is 5.89. The summed E-state index contributed by atoms with van der Waals surface area (Å²) in [5.41, 5.74) is 2.19. The Morgan fingerprint density at radius 1 is 1.26 bits per heavy atom. The number of nitrogens with zero attached hydrogens (tertiary/aromatic N) is 2. The lowest BCUT2D eigenvalue weighted by molar-refractivity contribution is 0.176. The molecular formula is C18H17N3O2. The fourth-order valence-corrected chi connectivity index (χ4v) is 2.38. The highest BCUT2D eigenvalue weighted by Crippen LogP contribution is 2.14. The van der Waals surface area contributed by atoms with E-state index in [-0.39, 0.29) is 6.03 Å². The Balaban J connectivity index is 1.68. The van der Waals surface area contributed by atoms with Crippen molar-refractivity contribution >= 4 is 11.7 Å². The Kier molecular flexibility index (Phi) is 4.55. The van der Waals surface area contributed by atoms with Gasteiger partial charge in [0.05, 0.1) is 6.10 Å². The van der Waals surface area contributed by atoms with Crippen LogP contribution in [0.4, 0.5) is 10.5 Å². The molecule has 0 aliphatic carbocycles. The molecule has 1 saturated heterocycles. The second-order valence-electron chi connectivity index (χ2n) is 5.36. The maximum absolute atomic E-state index is 12.1. The molecule has 23 heavy (non-hydrogen) atoms. The van der Waals surface area contributed by atoms with Gasteiger partial charge in [-0.15, -0.1) is 0 Å². The molecule has 5 heteroatoms. The van der Waals surface area contributed by atoms with E-state index in [0.717, 1.165) is 5.56 Å². The number of hydrogen-bond acceptors (Lipinski definition) is 3. The molecule has 5 nitrogen and oxygen atoms in total. The number of pyridine rings is 1. The first-order chi connectivity index (χ1) is 11.2. The largest absolute Gasteiger partial charge is 0.391 e. The molecule has 2 N–H and O–H groups in total. The van der Waals surface area contributed by atoms with Crippen molar-refractivity contribution in [2.24, 2.45) is 0 Å². The normalized spacial score (nSPS) is 16.6. The summed E-state index contributed by atoms with van der Waals surface area (Å²) >= 11 is 0. The molecule has 3 rings (SSSR count). The Hall–Kier alpha value is -2.84. The van der Waals surface area contributed by atoms with E-state index in [4.69, 9.17) is 0 Å². The lowest BCUT2D eigenvalue weighted by Crippen LogP contribution is -2.33. The summed E-state index contributed by atoms with van der Waals surface area (Å²) in [7, 11) is 0. The van der Waals surface area contributed by atoms with Gasteiger partial charge in [0.15, 0.2) is 0 Å². The second-order valence-corrected chi connectivity index (χ2v) is 5.36. The fraction of sp³-hybridized carbons (Fsp3) is 0.222. The van der Waals surface area contributed by atoms with Crippen LogP contribution in [-0.2, 0) is 0 Å². The van der Waals surface area contributed by atoms with E-state index in [1.807, 2.05) is 42.5 Å². The topological polar surface area (TPSA) is 65.5 Å². The molecule has 116 valence electrons. The summed E-state index contributed by atoms with van der Waals surface area (Å²) in [4.78, 5) is 17.9. The smallest absolute Gasteiger partial charge is 0.321 e. The minimum atomic E-state index is -0.420. The number of nitrogens with one attached hydrogen (secondary N) is 1. The van der Waals surface area contributed by atoms with Gasteiger partial charge in [-0.25, -0.2) is 9.78 Å². The average molecular weight is 307 g/mol. The zero-order chi connectivity index (χ0) is 16.1. The van der Waals surface area contributed by atoms with Crippen molar-refractivity contribution in [2.75, 3.05) is 18.4 Å². The molecule has 1 unspecified atom stereocenters. The van der Waals surface area contributed by atoms with E-state index in [9.17, 15) is 9.90 Å². The SMILES string of the molecule is O=C(Nc1cccc(C#Cc2ccccn2)c1)N1CCC(O)C1. The molecule has 0 bridgehead atoms. The monoisotopic (exact) mass is 307 g/mol. The van der Waals surface area contributed by atoms with Crippen LogP contribution in [0.3, 0.4) is 0 Å². The lowest BCUT2D eigenvalue weighted by atomic mass is 10.2. The van der Waals surface area contributed by atoms with E-state index in [2.05, 4.69) is 22.1 Å². The number of β-amino-alcohol motifs (C(OH)–C–C–N with tert-alkyl or cyclic N) is 1. The van der Waals surface area contributed by atoms with Crippen molar-refractivity contribution in [3.8, 4) is 11.8 Å². The number of aliphatic hydroxyl groups excluding tert-OH is 1. The number of carbonyl (C=O) groups is 1.